The maximum absolute atomic E-state index is 12.9. The zero-order chi connectivity index (χ0) is 16.8. The molecule has 5 nitrogen and oxygen atoms in total. The van der Waals surface area contributed by atoms with E-state index in [0.29, 0.717) is 33.4 Å². The molecule has 24 heavy (non-hydrogen) atoms. The Morgan fingerprint density at radius 3 is 2.62 bits per heavy atom. The molecule has 0 aliphatic carbocycles. The van der Waals surface area contributed by atoms with E-state index in [1.165, 1.54) is 4.90 Å². The van der Waals surface area contributed by atoms with Crippen LogP contribution in [0, 0.1) is 6.92 Å². The number of rotatable bonds is 2. The molecule has 0 fully saturated rings. The first kappa shape index (κ1) is 15.0. The highest BCUT2D eigenvalue weighted by Gasteiger charge is 2.39. The maximum atomic E-state index is 12.9. The van der Waals surface area contributed by atoms with Gasteiger partial charge in [0.05, 0.1) is 34.6 Å². The van der Waals surface area contributed by atoms with E-state index in [0.717, 1.165) is 4.47 Å². The van der Waals surface area contributed by atoms with Gasteiger partial charge in [0, 0.05) is 16.1 Å². The topological polar surface area (TPSA) is 63.2 Å². The zero-order valence-corrected chi connectivity index (χ0v) is 14.4. The summed E-state index contributed by atoms with van der Waals surface area (Å²) >= 11 is 3.42. The van der Waals surface area contributed by atoms with Crippen LogP contribution in [0.2, 0.25) is 0 Å². The van der Waals surface area contributed by atoms with Crippen molar-refractivity contribution in [2.45, 2.75) is 13.5 Å². The molecule has 6 heteroatoms. The fourth-order valence-electron chi connectivity index (χ4n) is 3.00. The first-order chi connectivity index (χ1) is 11.6. The molecule has 0 unspecified atom stereocenters. The van der Waals surface area contributed by atoms with Gasteiger partial charge in [0.15, 0.2) is 0 Å². The summed E-state index contributed by atoms with van der Waals surface area (Å²) in [6.07, 6.45) is 1.65. The Kier molecular flexibility index (Phi) is 3.42. The van der Waals surface area contributed by atoms with Crippen LogP contribution in [-0.4, -0.2) is 26.7 Å². The number of benzene rings is 1. The lowest BCUT2D eigenvalue weighted by Gasteiger charge is -2.12. The van der Waals surface area contributed by atoms with Crippen molar-refractivity contribution in [1.29, 1.82) is 0 Å². The summed E-state index contributed by atoms with van der Waals surface area (Å²) < 4.78 is 0.839. The van der Waals surface area contributed by atoms with Crippen molar-refractivity contribution < 1.29 is 9.59 Å². The van der Waals surface area contributed by atoms with Gasteiger partial charge in [-0.3, -0.25) is 24.5 Å². The van der Waals surface area contributed by atoms with Gasteiger partial charge in [-0.1, -0.05) is 22.0 Å². The van der Waals surface area contributed by atoms with Gasteiger partial charge in [-0.05, 0) is 37.3 Å². The second-order valence-corrected chi connectivity index (χ2v) is 6.54. The third-order valence-corrected chi connectivity index (χ3v) is 4.59. The van der Waals surface area contributed by atoms with Gasteiger partial charge >= 0.3 is 0 Å². The Labute approximate surface area is 146 Å². The van der Waals surface area contributed by atoms with Crippen LogP contribution >= 0.6 is 15.9 Å². The predicted octanol–water partition coefficient (Wildman–Crippen LogP) is 3.50. The third kappa shape index (κ3) is 2.22. The van der Waals surface area contributed by atoms with E-state index in [9.17, 15) is 9.59 Å². The lowest BCUT2D eigenvalue weighted by Crippen LogP contribution is -2.29. The van der Waals surface area contributed by atoms with Crippen molar-refractivity contribution >= 4 is 38.6 Å². The minimum Gasteiger partial charge on any atom is -0.269 e. The van der Waals surface area contributed by atoms with Crippen molar-refractivity contribution in [3.8, 4) is 0 Å². The van der Waals surface area contributed by atoms with E-state index in [1.54, 1.807) is 25.3 Å². The summed E-state index contributed by atoms with van der Waals surface area (Å²) in [6, 6.07) is 11.0. The number of pyridine rings is 2. The lowest BCUT2D eigenvalue weighted by molar-refractivity contribution is 0.0641. The number of carbonyl (C=O) groups excluding carboxylic acids is 2. The number of imide groups is 1. The minimum absolute atomic E-state index is 0.155. The van der Waals surface area contributed by atoms with Gasteiger partial charge in [-0.2, -0.15) is 0 Å². The normalized spacial score (nSPS) is 13.7. The first-order valence-electron chi connectivity index (χ1n) is 7.42. The molecule has 0 bridgehead atoms. The number of amides is 2. The summed E-state index contributed by atoms with van der Waals surface area (Å²) in [5.74, 6) is -0.609. The Balaban J connectivity index is 1.88. The van der Waals surface area contributed by atoms with Crippen LogP contribution in [0.25, 0.3) is 10.9 Å². The number of nitrogens with zero attached hydrogens (tertiary/aromatic N) is 3. The van der Waals surface area contributed by atoms with E-state index in [4.69, 9.17) is 0 Å². The van der Waals surface area contributed by atoms with Crippen LogP contribution in [0.1, 0.15) is 32.1 Å². The Hall–Kier alpha value is -2.60. The minimum atomic E-state index is -0.312. The van der Waals surface area contributed by atoms with Crippen LogP contribution in [0.5, 0.6) is 0 Å². The second kappa shape index (κ2) is 5.49. The van der Waals surface area contributed by atoms with E-state index in [2.05, 4.69) is 25.9 Å². The average Bonchev–Trinajstić information content (AvgIpc) is 2.82. The van der Waals surface area contributed by atoms with Crippen LogP contribution in [0.15, 0.2) is 47.1 Å². The highest BCUT2D eigenvalue weighted by molar-refractivity contribution is 9.10. The number of aromatic nitrogens is 2. The fraction of sp³-hybridized carbons (Fsp3) is 0.111. The molecule has 0 N–H and O–H groups in total. The molecular formula is C18H12BrN3O2. The molecule has 0 saturated heterocycles. The molecule has 1 aliphatic rings. The van der Waals surface area contributed by atoms with Crippen molar-refractivity contribution in [2.24, 2.45) is 0 Å². The zero-order valence-electron chi connectivity index (χ0n) is 12.8. The van der Waals surface area contributed by atoms with Crippen LogP contribution < -0.4 is 0 Å². The molecule has 0 atom stereocenters. The average molecular weight is 382 g/mol. The van der Waals surface area contributed by atoms with Crippen LogP contribution in [0.4, 0.5) is 0 Å². The van der Waals surface area contributed by atoms with Gasteiger partial charge in [0.1, 0.15) is 0 Å². The summed E-state index contributed by atoms with van der Waals surface area (Å²) in [5, 5.41) is 0.687. The maximum Gasteiger partial charge on any atom is 0.263 e. The monoisotopic (exact) mass is 381 g/mol. The van der Waals surface area contributed by atoms with Gasteiger partial charge in [-0.25, -0.2) is 0 Å². The van der Waals surface area contributed by atoms with Crippen LogP contribution in [0.3, 0.4) is 0 Å². The van der Waals surface area contributed by atoms with E-state index in [-0.39, 0.29) is 18.4 Å². The van der Waals surface area contributed by atoms with Gasteiger partial charge in [0.2, 0.25) is 0 Å². The number of hydrogen-bond acceptors (Lipinski definition) is 4. The standard InChI is InChI=1S/C18H12BrN3O2/c1-10-15-16(13-8-11(19)5-6-14(13)21-10)18(24)22(17(15)23)9-12-4-2-3-7-20-12/h2-8H,9H2,1H3. The molecule has 1 aromatic carbocycles. The lowest BCUT2D eigenvalue weighted by atomic mass is 10.0. The smallest absolute Gasteiger partial charge is 0.263 e. The third-order valence-electron chi connectivity index (χ3n) is 4.09. The largest absolute Gasteiger partial charge is 0.269 e. The predicted molar refractivity (Wildman–Crippen MR) is 92.6 cm³/mol. The molecule has 2 amide bonds. The molecule has 118 valence electrons. The highest BCUT2D eigenvalue weighted by atomic mass is 79.9. The molecule has 0 radical (unpaired) electrons. The van der Waals surface area contributed by atoms with Gasteiger partial charge in [0.25, 0.3) is 11.8 Å². The number of hydrogen-bond donors (Lipinski definition) is 0. The van der Waals surface area contributed by atoms with E-state index in [1.807, 2.05) is 24.3 Å². The number of aryl methyl sites for hydroxylation is 1. The molecule has 1 aliphatic heterocycles. The molecule has 0 spiro atoms. The summed E-state index contributed by atoms with van der Waals surface area (Å²) in [7, 11) is 0. The van der Waals surface area contributed by atoms with Crippen molar-refractivity contribution in [1.82, 2.24) is 14.9 Å². The molecule has 3 aromatic rings. The SMILES string of the molecule is Cc1nc2ccc(Br)cc2c2c1C(=O)N(Cc1ccccn1)C2=O. The quantitative estimate of drug-likeness (QED) is 0.637. The molecular weight excluding hydrogens is 370 g/mol. The summed E-state index contributed by atoms with van der Waals surface area (Å²) in [6.45, 7) is 1.91. The molecule has 0 saturated carbocycles. The first-order valence-corrected chi connectivity index (χ1v) is 8.21. The molecule has 3 heterocycles. The number of fused-ring (bicyclic) bond motifs is 3. The van der Waals surface area contributed by atoms with Crippen LogP contribution in [-0.2, 0) is 6.54 Å². The summed E-state index contributed by atoms with van der Waals surface area (Å²) in [4.78, 5) is 35.6. The van der Waals surface area contributed by atoms with Crippen molar-refractivity contribution in [3.63, 3.8) is 0 Å². The van der Waals surface area contributed by atoms with Crippen molar-refractivity contribution in [2.75, 3.05) is 0 Å². The van der Waals surface area contributed by atoms with Gasteiger partial charge < -0.3 is 0 Å². The summed E-state index contributed by atoms with van der Waals surface area (Å²) in [5.41, 5.74) is 2.77. The van der Waals surface area contributed by atoms with Gasteiger partial charge in [-0.15, -0.1) is 0 Å². The molecule has 4 rings (SSSR count). The Morgan fingerprint density at radius 1 is 1.08 bits per heavy atom. The molecule has 2 aromatic heterocycles. The Bertz CT molecular complexity index is 1000. The number of halogens is 1. The van der Waals surface area contributed by atoms with E-state index < -0.39 is 0 Å². The second-order valence-electron chi connectivity index (χ2n) is 5.63. The Morgan fingerprint density at radius 2 is 1.88 bits per heavy atom. The number of carbonyl (C=O) groups is 2. The fourth-order valence-corrected chi connectivity index (χ4v) is 3.36. The van der Waals surface area contributed by atoms with E-state index >= 15 is 0 Å². The highest BCUT2D eigenvalue weighted by Crippen LogP contribution is 2.33. The van der Waals surface area contributed by atoms with Crippen molar-refractivity contribution in [3.05, 3.63) is 69.6 Å².